The van der Waals surface area contributed by atoms with Gasteiger partial charge in [-0.1, -0.05) is 41.4 Å². The van der Waals surface area contributed by atoms with E-state index in [-0.39, 0.29) is 12.4 Å². The number of halogens is 2. The van der Waals surface area contributed by atoms with E-state index in [4.69, 9.17) is 37.1 Å². The number of furan rings is 1. The predicted molar refractivity (Wildman–Crippen MR) is 122 cm³/mol. The third kappa shape index (κ3) is 5.25. The van der Waals surface area contributed by atoms with Gasteiger partial charge in [0.1, 0.15) is 28.9 Å². The van der Waals surface area contributed by atoms with Gasteiger partial charge in [0.25, 0.3) is 5.91 Å². The van der Waals surface area contributed by atoms with Crippen LogP contribution in [-0.2, 0) is 13.2 Å². The number of aromatic nitrogens is 2. The fourth-order valence-corrected chi connectivity index (χ4v) is 3.33. The highest BCUT2D eigenvalue weighted by Gasteiger charge is 2.14. The van der Waals surface area contributed by atoms with Crippen molar-refractivity contribution in [1.82, 2.24) is 9.78 Å². The lowest BCUT2D eigenvalue weighted by Crippen LogP contribution is -2.10. The third-order valence-electron chi connectivity index (χ3n) is 4.54. The molecule has 0 bridgehead atoms. The number of anilines is 1. The summed E-state index contributed by atoms with van der Waals surface area (Å²) < 4.78 is 18.2. The zero-order valence-corrected chi connectivity index (χ0v) is 18.6. The van der Waals surface area contributed by atoms with Gasteiger partial charge in [0.15, 0.2) is 5.76 Å². The average molecular weight is 472 g/mol. The minimum absolute atomic E-state index is 0.103. The first-order chi connectivity index (χ1) is 15.5. The van der Waals surface area contributed by atoms with Crippen LogP contribution in [0.25, 0.3) is 0 Å². The van der Waals surface area contributed by atoms with E-state index < -0.39 is 5.91 Å². The summed E-state index contributed by atoms with van der Waals surface area (Å²) in [5.41, 5.74) is 1.58. The fraction of sp³-hybridized carbons (Fsp3) is 0.130. The molecule has 4 aromatic rings. The predicted octanol–water partition coefficient (Wildman–Crippen LogP) is 5.67. The van der Waals surface area contributed by atoms with Crippen LogP contribution in [0.15, 0.2) is 71.4 Å². The van der Waals surface area contributed by atoms with Crippen molar-refractivity contribution in [3.8, 4) is 11.5 Å². The minimum atomic E-state index is -0.391. The van der Waals surface area contributed by atoms with Crippen molar-refractivity contribution >= 4 is 34.8 Å². The van der Waals surface area contributed by atoms with Crippen LogP contribution in [0.5, 0.6) is 11.5 Å². The number of ether oxygens (including phenoxy) is 2. The first-order valence-corrected chi connectivity index (χ1v) is 10.4. The van der Waals surface area contributed by atoms with Gasteiger partial charge >= 0.3 is 0 Å². The number of benzene rings is 2. The lowest BCUT2D eigenvalue weighted by Gasteiger charge is -2.07. The van der Waals surface area contributed by atoms with Crippen LogP contribution >= 0.6 is 23.2 Å². The fourth-order valence-electron chi connectivity index (χ4n) is 2.99. The van der Waals surface area contributed by atoms with Crippen molar-refractivity contribution < 1.29 is 18.7 Å². The summed E-state index contributed by atoms with van der Waals surface area (Å²) in [5.74, 6) is 1.45. The molecule has 7 nitrogen and oxygen atoms in total. The number of amides is 1. The number of hydrogen-bond donors (Lipinski definition) is 1. The van der Waals surface area contributed by atoms with E-state index in [1.165, 1.54) is 0 Å². The molecular weight excluding hydrogens is 453 g/mol. The van der Waals surface area contributed by atoms with Crippen molar-refractivity contribution in [1.29, 1.82) is 0 Å². The Kier molecular flexibility index (Phi) is 6.68. The van der Waals surface area contributed by atoms with Crippen molar-refractivity contribution in [2.75, 3.05) is 12.4 Å². The molecule has 164 valence electrons. The van der Waals surface area contributed by atoms with Crippen LogP contribution in [0, 0.1) is 0 Å². The number of nitrogens with zero attached hydrogens (tertiary/aromatic N) is 2. The summed E-state index contributed by atoms with van der Waals surface area (Å²) in [6, 6.07) is 16.1. The molecule has 1 N–H and O–H groups in total. The summed E-state index contributed by atoms with van der Waals surface area (Å²) in [6.07, 6.45) is 3.32. The average Bonchev–Trinajstić information content (AvgIpc) is 3.44. The zero-order valence-electron chi connectivity index (χ0n) is 17.0. The third-order valence-corrected chi connectivity index (χ3v) is 5.34. The van der Waals surface area contributed by atoms with Crippen LogP contribution in [0.1, 0.15) is 21.9 Å². The van der Waals surface area contributed by atoms with Gasteiger partial charge in [0.05, 0.1) is 30.6 Å². The number of carbonyl (C=O) groups excluding carboxylic acids is 1. The molecule has 0 radical (unpaired) electrons. The molecule has 4 rings (SSSR count). The molecule has 0 aliphatic heterocycles. The maximum absolute atomic E-state index is 12.5. The highest BCUT2D eigenvalue weighted by molar-refractivity contribution is 6.42. The largest absolute Gasteiger partial charge is 0.497 e. The van der Waals surface area contributed by atoms with E-state index in [0.29, 0.717) is 33.8 Å². The van der Waals surface area contributed by atoms with Gasteiger partial charge in [0, 0.05) is 6.20 Å². The molecule has 32 heavy (non-hydrogen) atoms. The van der Waals surface area contributed by atoms with Crippen molar-refractivity contribution in [2.45, 2.75) is 13.2 Å². The van der Waals surface area contributed by atoms with E-state index in [1.807, 2.05) is 24.3 Å². The van der Waals surface area contributed by atoms with Gasteiger partial charge in [-0.2, -0.15) is 5.10 Å². The maximum atomic E-state index is 12.5. The second-order valence-corrected chi connectivity index (χ2v) is 7.62. The maximum Gasteiger partial charge on any atom is 0.291 e. The molecular formula is C23H19Cl2N3O4. The summed E-state index contributed by atoms with van der Waals surface area (Å²) >= 11 is 12.1. The zero-order chi connectivity index (χ0) is 22.5. The molecule has 0 aliphatic rings. The molecule has 0 spiro atoms. The first-order valence-electron chi connectivity index (χ1n) is 9.64. The van der Waals surface area contributed by atoms with Gasteiger partial charge < -0.3 is 19.2 Å². The van der Waals surface area contributed by atoms with Crippen molar-refractivity contribution in [3.63, 3.8) is 0 Å². The molecule has 9 heteroatoms. The smallest absolute Gasteiger partial charge is 0.291 e. The number of methoxy groups -OCH3 is 1. The molecule has 0 aliphatic carbocycles. The van der Waals surface area contributed by atoms with E-state index in [0.717, 1.165) is 11.3 Å². The summed E-state index contributed by atoms with van der Waals surface area (Å²) in [7, 11) is 1.62. The normalized spacial score (nSPS) is 10.7. The standard InChI is InChI=1S/C23H19Cl2N3O4/c1-30-17-5-2-4-15(10-17)12-28-13-16(11-26-28)27-23(29)21-9-8-18(32-21)14-31-20-7-3-6-19(24)22(20)25/h2-11,13H,12,14H2,1H3,(H,27,29). The Balaban J connectivity index is 1.34. The second kappa shape index (κ2) is 9.80. The van der Waals surface area contributed by atoms with Gasteiger partial charge in [0.2, 0.25) is 0 Å². The van der Waals surface area contributed by atoms with Gasteiger partial charge in [-0.15, -0.1) is 0 Å². The molecule has 0 unspecified atom stereocenters. The number of carbonyl (C=O) groups is 1. The SMILES string of the molecule is COc1cccc(Cn2cc(NC(=O)c3ccc(COc4cccc(Cl)c4Cl)o3)cn2)c1. The molecule has 1 amide bonds. The van der Waals surface area contributed by atoms with E-state index in [2.05, 4.69) is 10.4 Å². The Morgan fingerprint density at radius 2 is 2.00 bits per heavy atom. The van der Waals surface area contributed by atoms with Crippen molar-refractivity contribution in [3.05, 3.63) is 94.1 Å². The van der Waals surface area contributed by atoms with Crippen LogP contribution in [0.2, 0.25) is 10.0 Å². The Morgan fingerprint density at radius 3 is 2.84 bits per heavy atom. The Hall–Kier alpha value is -3.42. The van der Waals surface area contributed by atoms with Gasteiger partial charge in [-0.3, -0.25) is 9.48 Å². The molecule has 0 fully saturated rings. The lowest BCUT2D eigenvalue weighted by molar-refractivity contribution is 0.0992. The van der Waals surface area contributed by atoms with Crippen LogP contribution in [0.3, 0.4) is 0 Å². The summed E-state index contributed by atoms with van der Waals surface area (Å²) in [5, 5.41) is 7.78. The first kappa shape index (κ1) is 21.8. The molecule has 2 heterocycles. The number of rotatable bonds is 8. The number of hydrogen-bond acceptors (Lipinski definition) is 5. The highest BCUT2D eigenvalue weighted by atomic mass is 35.5. The molecule has 2 aromatic heterocycles. The highest BCUT2D eigenvalue weighted by Crippen LogP contribution is 2.32. The Labute approximate surface area is 194 Å². The minimum Gasteiger partial charge on any atom is -0.497 e. The second-order valence-electron chi connectivity index (χ2n) is 6.84. The van der Waals surface area contributed by atoms with Crippen molar-refractivity contribution in [2.24, 2.45) is 0 Å². The van der Waals surface area contributed by atoms with Gasteiger partial charge in [-0.05, 0) is 42.0 Å². The van der Waals surface area contributed by atoms with E-state index in [9.17, 15) is 4.79 Å². The molecule has 0 atom stereocenters. The molecule has 0 saturated carbocycles. The summed E-state index contributed by atoms with van der Waals surface area (Å²) in [4.78, 5) is 12.5. The van der Waals surface area contributed by atoms with E-state index in [1.54, 1.807) is 54.5 Å². The van der Waals surface area contributed by atoms with Crippen LogP contribution in [-0.4, -0.2) is 22.8 Å². The topological polar surface area (TPSA) is 78.5 Å². The Bertz CT molecular complexity index is 1240. The Morgan fingerprint density at radius 1 is 1.16 bits per heavy atom. The summed E-state index contributed by atoms with van der Waals surface area (Å²) in [6.45, 7) is 0.646. The van der Waals surface area contributed by atoms with Gasteiger partial charge in [-0.25, -0.2) is 0 Å². The van der Waals surface area contributed by atoms with Crippen LogP contribution in [0.4, 0.5) is 5.69 Å². The van der Waals surface area contributed by atoms with Crippen LogP contribution < -0.4 is 14.8 Å². The monoisotopic (exact) mass is 471 g/mol. The molecule has 2 aromatic carbocycles. The molecule has 0 saturated heterocycles. The van der Waals surface area contributed by atoms with E-state index >= 15 is 0 Å². The lowest BCUT2D eigenvalue weighted by atomic mass is 10.2. The number of nitrogens with one attached hydrogen (secondary N) is 1. The quantitative estimate of drug-likeness (QED) is 0.358.